The number of aromatic nitrogens is 2. The fraction of sp³-hybridized carbons (Fsp3) is 0.0333. The molecule has 0 fully saturated rings. The van der Waals surface area contributed by atoms with Crippen molar-refractivity contribution in [3.8, 4) is 45.0 Å². The first-order valence-corrected chi connectivity index (χ1v) is 13.5. The number of rotatable bonds is 5. The molecule has 0 bridgehead atoms. The molecule has 0 aliphatic rings. The third-order valence-electron chi connectivity index (χ3n) is 6.24. The van der Waals surface area contributed by atoms with Gasteiger partial charge in [-0.15, -0.1) is 0 Å². The second kappa shape index (κ2) is 8.87. The van der Waals surface area contributed by atoms with Crippen molar-refractivity contribution >= 4 is 15.6 Å². The Balaban J connectivity index is 1.67. The van der Waals surface area contributed by atoms with Gasteiger partial charge in [-0.2, -0.15) is 9.61 Å². The van der Waals surface area contributed by atoms with Crippen molar-refractivity contribution < 1.29 is 17.2 Å². The number of sulfone groups is 1. The van der Waals surface area contributed by atoms with E-state index in [0.29, 0.717) is 28.3 Å². The Hall–Kier alpha value is -4.49. The molecule has 0 amide bonds. The Kier molecular flexibility index (Phi) is 5.50. The molecule has 182 valence electrons. The van der Waals surface area contributed by atoms with Crippen LogP contribution in [0.15, 0.2) is 119 Å². The molecule has 0 unspecified atom stereocenters. The largest absolute Gasteiger partial charge is 0.435 e. The second-order valence-electron chi connectivity index (χ2n) is 8.76. The van der Waals surface area contributed by atoms with Gasteiger partial charge in [0.05, 0.1) is 10.5 Å². The molecular weight excluding hydrogens is 487 g/mol. The average molecular weight is 509 g/mol. The molecule has 4 aromatic carbocycles. The zero-order valence-corrected chi connectivity index (χ0v) is 20.6. The third kappa shape index (κ3) is 4.13. The van der Waals surface area contributed by atoms with Gasteiger partial charge < -0.3 is 4.42 Å². The minimum Gasteiger partial charge on any atom is -0.435 e. The van der Waals surface area contributed by atoms with Crippen LogP contribution in [0, 0.1) is 5.82 Å². The SMILES string of the molecule is CS(=O)(=O)c1ccc(-c2nn3c(-c4ccccc4)c(-c4ccccc4)oc3c2-c2ccc(F)cc2)cc1. The quantitative estimate of drug-likeness (QED) is 0.248. The predicted octanol–water partition coefficient (Wildman–Crippen LogP) is 7.14. The standard InChI is InChI=1S/C30H21FN2O3S/c1-37(34,35)25-18-14-21(15-19-25)27-26(20-12-16-24(31)17-13-20)30-33(32-27)28(22-8-4-2-5-9-22)29(36-30)23-10-6-3-7-11-23/h2-19H,1H3. The van der Waals surface area contributed by atoms with Crippen LogP contribution in [0.1, 0.15) is 0 Å². The van der Waals surface area contributed by atoms with Gasteiger partial charge in [0.1, 0.15) is 17.2 Å². The predicted molar refractivity (Wildman–Crippen MR) is 142 cm³/mol. The lowest BCUT2D eigenvalue weighted by atomic mass is 10.0. The summed E-state index contributed by atoms with van der Waals surface area (Å²) >= 11 is 0. The first-order valence-electron chi connectivity index (χ1n) is 11.6. The van der Waals surface area contributed by atoms with Crippen molar-refractivity contribution in [1.29, 1.82) is 0 Å². The van der Waals surface area contributed by atoms with Gasteiger partial charge in [0.25, 0.3) is 0 Å². The minimum atomic E-state index is -3.35. The van der Waals surface area contributed by atoms with Gasteiger partial charge in [-0.05, 0) is 29.8 Å². The highest BCUT2D eigenvalue weighted by Gasteiger charge is 2.26. The van der Waals surface area contributed by atoms with Crippen molar-refractivity contribution in [2.45, 2.75) is 4.90 Å². The lowest BCUT2D eigenvalue weighted by molar-refractivity contribution is 0.602. The molecule has 7 heteroatoms. The third-order valence-corrected chi connectivity index (χ3v) is 7.37. The van der Waals surface area contributed by atoms with Gasteiger partial charge in [0, 0.05) is 22.9 Å². The summed E-state index contributed by atoms with van der Waals surface area (Å²) in [7, 11) is -3.35. The van der Waals surface area contributed by atoms with E-state index in [1.54, 1.807) is 40.9 Å². The molecule has 0 aliphatic heterocycles. The number of fused-ring (bicyclic) bond motifs is 1. The summed E-state index contributed by atoms with van der Waals surface area (Å²) in [6, 6.07) is 32.4. The summed E-state index contributed by atoms with van der Waals surface area (Å²) in [6.07, 6.45) is 1.17. The van der Waals surface area contributed by atoms with E-state index in [1.165, 1.54) is 18.4 Å². The van der Waals surface area contributed by atoms with Crippen molar-refractivity contribution in [3.63, 3.8) is 0 Å². The molecule has 0 spiro atoms. The van der Waals surface area contributed by atoms with E-state index in [4.69, 9.17) is 9.52 Å². The molecule has 0 saturated carbocycles. The lowest BCUT2D eigenvalue weighted by Gasteiger charge is -2.06. The van der Waals surface area contributed by atoms with E-state index < -0.39 is 9.84 Å². The molecular formula is C30H21FN2O3S. The number of hydrogen-bond acceptors (Lipinski definition) is 4. The van der Waals surface area contributed by atoms with E-state index in [1.807, 2.05) is 60.7 Å². The number of oxazole rings is 1. The lowest BCUT2D eigenvalue weighted by Crippen LogP contribution is -1.96. The van der Waals surface area contributed by atoms with Crippen LogP contribution in [0.4, 0.5) is 4.39 Å². The van der Waals surface area contributed by atoms with Crippen LogP contribution < -0.4 is 0 Å². The molecule has 0 atom stereocenters. The van der Waals surface area contributed by atoms with E-state index in [2.05, 4.69) is 0 Å². The fourth-order valence-electron chi connectivity index (χ4n) is 4.46. The zero-order chi connectivity index (χ0) is 25.6. The van der Waals surface area contributed by atoms with Gasteiger partial charge in [-0.3, -0.25) is 0 Å². The second-order valence-corrected chi connectivity index (χ2v) is 10.8. The van der Waals surface area contributed by atoms with Gasteiger partial charge >= 0.3 is 0 Å². The molecule has 0 radical (unpaired) electrons. The molecule has 6 aromatic rings. The number of nitrogens with zero attached hydrogens (tertiary/aromatic N) is 2. The Morgan fingerprint density at radius 1 is 0.703 bits per heavy atom. The maximum atomic E-state index is 13.8. The molecule has 0 N–H and O–H groups in total. The van der Waals surface area contributed by atoms with E-state index in [9.17, 15) is 12.8 Å². The van der Waals surface area contributed by atoms with E-state index >= 15 is 0 Å². The number of halogens is 1. The Morgan fingerprint density at radius 2 is 1.27 bits per heavy atom. The molecule has 0 aliphatic carbocycles. The van der Waals surface area contributed by atoms with Gasteiger partial charge in [-0.1, -0.05) is 84.9 Å². The first kappa shape index (κ1) is 22.9. The topological polar surface area (TPSA) is 64.6 Å². The van der Waals surface area contributed by atoms with Crippen LogP contribution in [-0.4, -0.2) is 24.3 Å². The minimum absolute atomic E-state index is 0.221. The molecule has 2 aromatic heterocycles. The van der Waals surface area contributed by atoms with Crippen LogP contribution in [0.25, 0.3) is 50.7 Å². The fourth-order valence-corrected chi connectivity index (χ4v) is 5.09. The molecule has 37 heavy (non-hydrogen) atoms. The summed E-state index contributed by atoms with van der Waals surface area (Å²) in [5.74, 6) is 0.317. The van der Waals surface area contributed by atoms with Crippen molar-refractivity contribution in [3.05, 3.63) is 115 Å². The smallest absolute Gasteiger partial charge is 0.231 e. The average Bonchev–Trinajstić information content (AvgIpc) is 3.46. The van der Waals surface area contributed by atoms with Gasteiger partial charge in [0.15, 0.2) is 15.6 Å². The van der Waals surface area contributed by atoms with E-state index in [0.717, 1.165) is 22.4 Å². The summed E-state index contributed by atoms with van der Waals surface area (Å²) in [6.45, 7) is 0. The van der Waals surface area contributed by atoms with Crippen LogP contribution in [0.3, 0.4) is 0 Å². The first-order chi connectivity index (χ1) is 17.9. The maximum absolute atomic E-state index is 13.8. The highest BCUT2D eigenvalue weighted by molar-refractivity contribution is 7.90. The highest BCUT2D eigenvalue weighted by atomic mass is 32.2. The summed E-state index contributed by atoms with van der Waals surface area (Å²) in [4.78, 5) is 0.221. The summed E-state index contributed by atoms with van der Waals surface area (Å²) in [5, 5.41) is 4.98. The number of hydrogen-bond donors (Lipinski definition) is 0. The van der Waals surface area contributed by atoms with Crippen LogP contribution >= 0.6 is 0 Å². The molecule has 2 heterocycles. The summed E-state index contributed by atoms with van der Waals surface area (Å²) < 4.78 is 46.2. The Bertz CT molecular complexity index is 1820. The van der Waals surface area contributed by atoms with Gasteiger partial charge in [-0.25, -0.2) is 12.8 Å². The molecule has 5 nitrogen and oxygen atoms in total. The normalized spacial score (nSPS) is 11.7. The molecule has 6 rings (SSSR count). The van der Waals surface area contributed by atoms with Crippen LogP contribution in [0.5, 0.6) is 0 Å². The monoisotopic (exact) mass is 508 g/mol. The van der Waals surface area contributed by atoms with Crippen LogP contribution in [0.2, 0.25) is 0 Å². The Labute approximate surface area is 213 Å². The van der Waals surface area contributed by atoms with Crippen LogP contribution in [-0.2, 0) is 9.84 Å². The highest BCUT2D eigenvalue weighted by Crippen LogP contribution is 2.42. The van der Waals surface area contributed by atoms with Gasteiger partial charge in [0.2, 0.25) is 5.71 Å². The summed E-state index contributed by atoms with van der Waals surface area (Å²) in [5.41, 5.74) is 5.84. The van der Waals surface area contributed by atoms with Crippen molar-refractivity contribution in [1.82, 2.24) is 9.61 Å². The van der Waals surface area contributed by atoms with E-state index in [-0.39, 0.29) is 10.7 Å². The Morgan fingerprint density at radius 3 is 1.86 bits per heavy atom. The van der Waals surface area contributed by atoms with Crippen molar-refractivity contribution in [2.75, 3.05) is 6.26 Å². The van der Waals surface area contributed by atoms with Crippen molar-refractivity contribution in [2.24, 2.45) is 0 Å². The maximum Gasteiger partial charge on any atom is 0.231 e. The zero-order valence-electron chi connectivity index (χ0n) is 19.8. The molecule has 0 saturated heterocycles. The number of benzene rings is 4.